The molecule has 0 spiro atoms. The van der Waals surface area contributed by atoms with Crippen LogP contribution >= 0.6 is 0 Å². The smallest absolute Gasteiger partial charge is 0.130 e. The van der Waals surface area contributed by atoms with Gasteiger partial charge in [-0.2, -0.15) is 0 Å². The van der Waals surface area contributed by atoms with Crippen molar-refractivity contribution in [1.82, 2.24) is 0 Å². The predicted molar refractivity (Wildman–Crippen MR) is 113 cm³/mol. The van der Waals surface area contributed by atoms with Crippen LogP contribution in [0.1, 0.15) is 33.7 Å². The van der Waals surface area contributed by atoms with Crippen LogP contribution in [0, 0.1) is 0 Å². The number of allylic oxidation sites excluding steroid dienone is 1. The summed E-state index contributed by atoms with van der Waals surface area (Å²) in [7, 11) is 0. The average Bonchev–Trinajstić information content (AvgIpc) is 3.26. The van der Waals surface area contributed by atoms with Gasteiger partial charge in [-0.3, -0.25) is 0 Å². The van der Waals surface area contributed by atoms with Crippen LogP contribution in [-0.2, 0) is 19.3 Å². The highest BCUT2D eigenvalue weighted by molar-refractivity contribution is 5.71. The van der Waals surface area contributed by atoms with E-state index in [9.17, 15) is 0 Å². The van der Waals surface area contributed by atoms with Gasteiger partial charge in [0.15, 0.2) is 0 Å². The Balaban J connectivity index is 1.26. The summed E-state index contributed by atoms with van der Waals surface area (Å²) in [6.45, 7) is 1.51. The van der Waals surface area contributed by atoms with Gasteiger partial charge in [0.2, 0.25) is 0 Å². The maximum absolute atomic E-state index is 6.01. The van der Waals surface area contributed by atoms with Crippen molar-refractivity contribution >= 4 is 5.57 Å². The Kier molecular flexibility index (Phi) is 3.86. The van der Waals surface area contributed by atoms with Crippen molar-refractivity contribution < 1.29 is 14.2 Å². The van der Waals surface area contributed by atoms with E-state index in [1.165, 1.54) is 33.4 Å². The standard InChI is InChI=1S/C26H22O3/c1-2-4-24-19(3-1)13-22(15-28-24)18-6-8-26-21(12-18)14-23(16-29-26)17-5-7-25-20(11-17)9-10-27-25/h1-8,11-12,16,22H,9-10,13-15H2. The molecule has 1 unspecified atom stereocenters. The van der Waals surface area contributed by atoms with Crippen LogP contribution < -0.4 is 14.2 Å². The molecule has 3 aliphatic heterocycles. The lowest BCUT2D eigenvalue weighted by atomic mass is 9.87. The van der Waals surface area contributed by atoms with Gasteiger partial charge in [-0.15, -0.1) is 0 Å². The lowest BCUT2D eigenvalue weighted by Crippen LogP contribution is -2.19. The largest absolute Gasteiger partial charge is 0.493 e. The predicted octanol–water partition coefficient (Wildman–Crippen LogP) is 5.32. The van der Waals surface area contributed by atoms with Crippen LogP contribution in [0.25, 0.3) is 5.57 Å². The molecule has 0 fully saturated rings. The van der Waals surface area contributed by atoms with Crippen molar-refractivity contribution in [1.29, 1.82) is 0 Å². The van der Waals surface area contributed by atoms with E-state index >= 15 is 0 Å². The molecular weight excluding hydrogens is 360 g/mol. The Hall–Kier alpha value is -3.20. The van der Waals surface area contributed by atoms with Gasteiger partial charge in [0.05, 0.1) is 19.5 Å². The molecule has 0 N–H and O–H groups in total. The number of hydrogen-bond donors (Lipinski definition) is 0. The molecule has 0 amide bonds. The maximum atomic E-state index is 6.01. The maximum Gasteiger partial charge on any atom is 0.130 e. The first-order chi connectivity index (χ1) is 14.3. The highest BCUT2D eigenvalue weighted by atomic mass is 16.5. The van der Waals surface area contributed by atoms with E-state index < -0.39 is 0 Å². The summed E-state index contributed by atoms with van der Waals surface area (Å²) in [6, 6.07) is 21.4. The van der Waals surface area contributed by atoms with Crippen LogP contribution in [0.4, 0.5) is 0 Å². The van der Waals surface area contributed by atoms with Gasteiger partial charge in [-0.1, -0.05) is 36.4 Å². The first-order valence-electron chi connectivity index (χ1n) is 10.3. The molecule has 144 valence electrons. The quantitative estimate of drug-likeness (QED) is 0.601. The molecule has 6 rings (SSSR count). The fourth-order valence-corrected chi connectivity index (χ4v) is 4.59. The second-order valence-corrected chi connectivity index (χ2v) is 8.05. The van der Waals surface area contributed by atoms with Crippen molar-refractivity contribution in [3.63, 3.8) is 0 Å². The van der Waals surface area contributed by atoms with Gasteiger partial charge >= 0.3 is 0 Å². The lowest BCUT2D eigenvalue weighted by molar-refractivity contribution is 0.262. The van der Waals surface area contributed by atoms with E-state index in [0.717, 1.165) is 49.7 Å². The minimum Gasteiger partial charge on any atom is -0.493 e. The minimum absolute atomic E-state index is 0.377. The fourth-order valence-electron chi connectivity index (χ4n) is 4.59. The number of rotatable bonds is 2. The Labute approximate surface area is 170 Å². The first kappa shape index (κ1) is 16.7. The van der Waals surface area contributed by atoms with E-state index in [0.29, 0.717) is 5.92 Å². The summed E-state index contributed by atoms with van der Waals surface area (Å²) < 4.78 is 17.6. The van der Waals surface area contributed by atoms with E-state index in [-0.39, 0.29) is 0 Å². The van der Waals surface area contributed by atoms with Gasteiger partial charge in [0.25, 0.3) is 0 Å². The van der Waals surface area contributed by atoms with Crippen molar-refractivity contribution in [3.05, 3.63) is 94.7 Å². The number of para-hydroxylation sites is 1. The molecule has 0 radical (unpaired) electrons. The van der Waals surface area contributed by atoms with Crippen LogP contribution in [0.15, 0.2) is 66.9 Å². The summed E-state index contributed by atoms with van der Waals surface area (Å²) in [4.78, 5) is 0. The summed E-state index contributed by atoms with van der Waals surface area (Å²) in [5.74, 6) is 3.38. The third kappa shape index (κ3) is 2.98. The third-order valence-electron chi connectivity index (χ3n) is 6.20. The zero-order valence-corrected chi connectivity index (χ0v) is 16.2. The van der Waals surface area contributed by atoms with Gasteiger partial charge in [0.1, 0.15) is 17.2 Å². The van der Waals surface area contributed by atoms with Gasteiger partial charge in [-0.05, 0) is 64.1 Å². The molecule has 0 aliphatic carbocycles. The van der Waals surface area contributed by atoms with Crippen LogP contribution in [-0.4, -0.2) is 13.2 Å². The highest BCUT2D eigenvalue weighted by Gasteiger charge is 2.23. The van der Waals surface area contributed by atoms with E-state index in [1.54, 1.807) is 0 Å². The molecule has 0 saturated carbocycles. The Morgan fingerprint density at radius 1 is 0.759 bits per heavy atom. The number of fused-ring (bicyclic) bond motifs is 3. The Bertz CT molecular complexity index is 1130. The molecule has 0 bridgehead atoms. The summed E-state index contributed by atoms with van der Waals surface area (Å²) in [5, 5.41) is 0. The molecule has 3 aromatic rings. The summed E-state index contributed by atoms with van der Waals surface area (Å²) in [6.07, 6.45) is 4.79. The lowest BCUT2D eigenvalue weighted by Gasteiger charge is -2.27. The van der Waals surface area contributed by atoms with Crippen LogP contribution in [0.2, 0.25) is 0 Å². The van der Waals surface area contributed by atoms with Crippen molar-refractivity contribution in [2.45, 2.75) is 25.2 Å². The fraction of sp³-hybridized carbons (Fsp3) is 0.231. The van der Waals surface area contributed by atoms with Crippen molar-refractivity contribution in [2.24, 2.45) is 0 Å². The molecule has 1 atom stereocenters. The molecule has 3 aromatic carbocycles. The summed E-state index contributed by atoms with van der Waals surface area (Å²) >= 11 is 0. The summed E-state index contributed by atoms with van der Waals surface area (Å²) in [5.41, 5.74) is 7.59. The number of hydrogen-bond acceptors (Lipinski definition) is 3. The second kappa shape index (κ2) is 6.70. The molecule has 29 heavy (non-hydrogen) atoms. The minimum atomic E-state index is 0.377. The zero-order valence-electron chi connectivity index (χ0n) is 16.2. The zero-order chi connectivity index (χ0) is 19.2. The van der Waals surface area contributed by atoms with Gasteiger partial charge < -0.3 is 14.2 Å². The molecule has 0 aromatic heterocycles. The molecule has 3 aliphatic rings. The SMILES string of the molecule is C1=C(c2ccc3c(c2)CCO3)Cc2cc(C3COc4ccccc4C3)ccc2O1. The van der Waals surface area contributed by atoms with Crippen LogP contribution in [0.5, 0.6) is 17.2 Å². The van der Waals surface area contributed by atoms with Gasteiger partial charge in [-0.25, -0.2) is 0 Å². The van der Waals surface area contributed by atoms with Gasteiger partial charge in [0, 0.05) is 18.8 Å². The van der Waals surface area contributed by atoms with Crippen molar-refractivity contribution in [3.8, 4) is 17.2 Å². The Morgan fingerprint density at radius 2 is 1.66 bits per heavy atom. The van der Waals surface area contributed by atoms with E-state index in [4.69, 9.17) is 14.2 Å². The monoisotopic (exact) mass is 382 g/mol. The highest BCUT2D eigenvalue weighted by Crippen LogP contribution is 2.38. The number of benzene rings is 3. The molecular formula is C26H22O3. The van der Waals surface area contributed by atoms with Crippen molar-refractivity contribution in [2.75, 3.05) is 13.2 Å². The third-order valence-corrected chi connectivity index (χ3v) is 6.20. The second-order valence-electron chi connectivity index (χ2n) is 8.05. The van der Waals surface area contributed by atoms with Crippen LogP contribution in [0.3, 0.4) is 0 Å². The molecule has 3 heterocycles. The first-order valence-corrected chi connectivity index (χ1v) is 10.3. The topological polar surface area (TPSA) is 27.7 Å². The Morgan fingerprint density at radius 3 is 2.66 bits per heavy atom. The normalized spacial score (nSPS) is 19.0. The van der Waals surface area contributed by atoms with E-state index in [1.807, 2.05) is 12.3 Å². The molecule has 3 nitrogen and oxygen atoms in total. The molecule has 3 heteroatoms. The average molecular weight is 382 g/mol. The van der Waals surface area contributed by atoms with E-state index in [2.05, 4.69) is 54.6 Å². The number of ether oxygens (including phenoxy) is 3. The molecule has 0 saturated heterocycles.